The van der Waals surface area contributed by atoms with Crippen LogP contribution in [0.25, 0.3) is 0 Å². The number of nitrogens with zero attached hydrogens (tertiary/aromatic N) is 1. The molecule has 2 fully saturated rings. The molecule has 18 heavy (non-hydrogen) atoms. The van der Waals surface area contributed by atoms with Gasteiger partial charge in [-0.25, -0.2) is 0 Å². The molecule has 2 aliphatic rings. The van der Waals surface area contributed by atoms with E-state index in [1.807, 2.05) is 18.7 Å². The van der Waals surface area contributed by atoms with Crippen molar-refractivity contribution in [3.05, 3.63) is 0 Å². The van der Waals surface area contributed by atoms with Gasteiger partial charge in [-0.2, -0.15) is 0 Å². The van der Waals surface area contributed by atoms with E-state index >= 15 is 0 Å². The Morgan fingerprint density at radius 3 is 2.44 bits per heavy atom. The molecule has 4 nitrogen and oxygen atoms in total. The monoisotopic (exact) mass is 252 g/mol. The molecule has 1 N–H and O–H groups in total. The fraction of sp³-hybridized carbons (Fsp3) is 0.857. The SMILES string of the molecule is CCC1CC1N1C(=O)C(C)(C)NC(=O)C1C(C)C. The smallest absolute Gasteiger partial charge is 0.248 e. The van der Waals surface area contributed by atoms with E-state index in [1.54, 1.807) is 13.8 Å². The van der Waals surface area contributed by atoms with Crippen molar-refractivity contribution < 1.29 is 9.59 Å². The third kappa shape index (κ3) is 2.02. The number of hydrogen-bond acceptors (Lipinski definition) is 2. The van der Waals surface area contributed by atoms with Gasteiger partial charge in [0.15, 0.2) is 0 Å². The summed E-state index contributed by atoms with van der Waals surface area (Å²) in [5.74, 6) is 0.804. The Morgan fingerprint density at radius 1 is 1.39 bits per heavy atom. The van der Waals surface area contributed by atoms with Crippen LogP contribution in [0.1, 0.15) is 47.5 Å². The molecule has 1 heterocycles. The summed E-state index contributed by atoms with van der Waals surface area (Å²) in [5.41, 5.74) is -0.761. The summed E-state index contributed by atoms with van der Waals surface area (Å²) in [6.45, 7) is 9.74. The molecular weight excluding hydrogens is 228 g/mol. The van der Waals surface area contributed by atoms with Crippen LogP contribution in [0, 0.1) is 11.8 Å². The van der Waals surface area contributed by atoms with Crippen LogP contribution < -0.4 is 5.32 Å². The van der Waals surface area contributed by atoms with Gasteiger partial charge in [-0.1, -0.05) is 27.2 Å². The van der Waals surface area contributed by atoms with Crippen LogP contribution >= 0.6 is 0 Å². The topological polar surface area (TPSA) is 49.4 Å². The van der Waals surface area contributed by atoms with Crippen molar-refractivity contribution in [1.29, 1.82) is 0 Å². The zero-order valence-electron chi connectivity index (χ0n) is 12.0. The van der Waals surface area contributed by atoms with Crippen molar-refractivity contribution in [2.24, 2.45) is 11.8 Å². The number of hydrogen-bond donors (Lipinski definition) is 1. The van der Waals surface area contributed by atoms with Gasteiger partial charge in [0.05, 0.1) is 0 Å². The fourth-order valence-electron chi connectivity index (χ4n) is 3.00. The number of amides is 2. The summed E-state index contributed by atoms with van der Waals surface area (Å²) >= 11 is 0. The minimum Gasteiger partial charge on any atom is -0.340 e. The van der Waals surface area contributed by atoms with E-state index in [1.165, 1.54) is 0 Å². The summed E-state index contributed by atoms with van der Waals surface area (Å²) in [6, 6.07) is -0.0210. The number of nitrogens with one attached hydrogen (secondary N) is 1. The highest BCUT2D eigenvalue weighted by Gasteiger charge is 2.54. The van der Waals surface area contributed by atoms with Gasteiger partial charge in [0.2, 0.25) is 11.8 Å². The van der Waals surface area contributed by atoms with Crippen LogP contribution in [-0.2, 0) is 9.59 Å². The summed E-state index contributed by atoms with van der Waals surface area (Å²) < 4.78 is 0. The van der Waals surface area contributed by atoms with E-state index in [-0.39, 0.29) is 29.8 Å². The second-order valence-electron chi connectivity index (χ2n) is 6.49. The molecule has 1 aliphatic carbocycles. The summed E-state index contributed by atoms with van der Waals surface area (Å²) in [6.07, 6.45) is 2.14. The zero-order valence-corrected chi connectivity index (χ0v) is 12.0. The highest BCUT2D eigenvalue weighted by Crippen LogP contribution is 2.42. The predicted molar refractivity (Wildman–Crippen MR) is 69.9 cm³/mol. The summed E-state index contributed by atoms with van der Waals surface area (Å²) in [5, 5.41) is 2.85. The molecule has 2 rings (SSSR count). The van der Waals surface area contributed by atoms with E-state index in [4.69, 9.17) is 0 Å². The largest absolute Gasteiger partial charge is 0.340 e. The first-order chi connectivity index (χ1) is 8.29. The van der Waals surface area contributed by atoms with Gasteiger partial charge in [-0.05, 0) is 32.1 Å². The van der Waals surface area contributed by atoms with Crippen molar-refractivity contribution in [2.75, 3.05) is 0 Å². The highest BCUT2D eigenvalue weighted by atomic mass is 16.2. The molecule has 0 aromatic heterocycles. The lowest BCUT2D eigenvalue weighted by Gasteiger charge is -2.44. The lowest BCUT2D eigenvalue weighted by molar-refractivity contribution is -0.156. The van der Waals surface area contributed by atoms with Crippen LogP contribution in [0.5, 0.6) is 0 Å². The first-order valence-electron chi connectivity index (χ1n) is 6.94. The lowest BCUT2D eigenvalue weighted by Crippen LogP contribution is -2.69. The minimum atomic E-state index is -0.761. The van der Waals surface area contributed by atoms with Gasteiger partial charge in [0, 0.05) is 6.04 Å². The average Bonchev–Trinajstić information content (AvgIpc) is 3.00. The van der Waals surface area contributed by atoms with Gasteiger partial charge >= 0.3 is 0 Å². The Hall–Kier alpha value is -1.06. The molecule has 0 aromatic rings. The number of carbonyl (C=O) groups excluding carboxylic acids is 2. The maximum Gasteiger partial charge on any atom is 0.248 e. The molecule has 2 amide bonds. The average molecular weight is 252 g/mol. The van der Waals surface area contributed by atoms with Gasteiger partial charge in [-0.3, -0.25) is 9.59 Å². The second kappa shape index (κ2) is 4.25. The quantitative estimate of drug-likeness (QED) is 0.828. The Balaban J connectivity index is 2.29. The molecule has 102 valence electrons. The third-order valence-corrected chi connectivity index (χ3v) is 4.17. The Morgan fingerprint density at radius 2 is 2.00 bits per heavy atom. The van der Waals surface area contributed by atoms with Crippen LogP contribution in [0.4, 0.5) is 0 Å². The Bertz CT molecular complexity index is 376. The van der Waals surface area contributed by atoms with Crippen molar-refractivity contribution in [2.45, 2.75) is 65.1 Å². The molecule has 3 unspecified atom stereocenters. The predicted octanol–water partition coefficient (Wildman–Crippen LogP) is 1.55. The number of piperazine rings is 1. The minimum absolute atomic E-state index is 0.00338. The molecule has 0 bridgehead atoms. The molecule has 0 aromatic carbocycles. The highest BCUT2D eigenvalue weighted by molar-refractivity contribution is 5.99. The lowest BCUT2D eigenvalue weighted by atomic mass is 9.91. The maximum atomic E-state index is 12.6. The maximum absolute atomic E-state index is 12.6. The fourth-order valence-corrected chi connectivity index (χ4v) is 3.00. The third-order valence-electron chi connectivity index (χ3n) is 4.17. The standard InChI is InChI=1S/C14H24N2O2/c1-6-9-7-10(9)16-11(8(2)3)12(17)15-14(4,5)13(16)18/h8-11H,6-7H2,1-5H3,(H,15,17). The van der Waals surface area contributed by atoms with Gasteiger partial charge in [0.1, 0.15) is 11.6 Å². The zero-order chi connectivity index (χ0) is 13.7. The van der Waals surface area contributed by atoms with E-state index in [2.05, 4.69) is 12.2 Å². The molecule has 4 heteroatoms. The van der Waals surface area contributed by atoms with Crippen LogP contribution in [0.15, 0.2) is 0 Å². The first kappa shape index (κ1) is 13.4. The van der Waals surface area contributed by atoms with Gasteiger partial charge in [-0.15, -0.1) is 0 Å². The van der Waals surface area contributed by atoms with Crippen molar-refractivity contribution in [3.8, 4) is 0 Å². The van der Waals surface area contributed by atoms with E-state index in [0.29, 0.717) is 5.92 Å². The Kier molecular flexibility index (Phi) is 3.16. The molecule has 0 radical (unpaired) electrons. The summed E-state index contributed by atoms with van der Waals surface area (Å²) in [7, 11) is 0. The number of rotatable bonds is 3. The number of carbonyl (C=O) groups is 2. The van der Waals surface area contributed by atoms with Crippen molar-refractivity contribution in [3.63, 3.8) is 0 Å². The van der Waals surface area contributed by atoms with Crippen LogP contribution in [-0.4, -0.2) is 34.3 Å². The molecule has 1 saturated heterocycles. The van der Waals surface area contributed by atoms with Crippen LogP contribution in [0.3, 0.4) is 0 Å². The van der Waals surface area contributed by atoms with E-state index in [9.17, 15) is 9.59 Å². The van der Waals surface area contributed by atoms with Gasteiger partial charge in [0.25, 0.3) is 0 Å². The second-order valence-corrected chi connectivity index (χ2v) is 6.49. The van der Waals surface area contributed by atoms with Crippen LogP contribution in [0.2, 0.25) is 0 Å². The summed E-state index contributed by atoms with van der Waals surface area (Å²) in [4.78, 5) is 26.7. The van der Waals surface area contributed by atoms with Gasteiger partial charge < -0.3 is 10.2 Å². The van der Waals surface area contributed by atoms with E-state index in [0.717, 1.165) is 12.8 Å². The van der Waals surface area contributed by atoms with Crippen molar-refractivity contribution >= 4 is 11.8 Å². The molecule has 1 aliphatic heterocycles. The van der Waals surface area contributed by atoms with Crippen molar-refractivity contribution in [1.82, 2.24) is 10.2 Å². The van der Waals surface area contributed by atoms with E-state index < -0.39 is 5.54 Å². The molecular formula is C14H24N2O2. The Labute approximate surface area is 109 Å². The molecule has 3 atom stereocenters. The molecule has 0 spiro atoms. The molecule has 1 saturated carbocycles. The normalized spacial score (nSPS) is 34.8. The first-order valence-corrected chi connectivity index (χ1v) is 6.94.